The molecule has 0 bridgehead atoms. The molecule has 0 aliphatic carbocycles. The van der Waals surface area contributed by atoms with Crippen LogP contribution in [0, 0.1) is 13.8 Å². The molecule has 124 valence electrons. The Labute approximate surface area is 140 Å². The second-order valence-electron chi connectivity index (χ2n) is 5.85. The van der Waals surface area contributed by atoms with Gasteiger partial charge in [-0.05, 0) is 49.1 Å². The molecule has 24 heavy (non-hydrogen) atoms. The Bertz CT molecular complexity index is 1050. The molecule has 0 aliphatic heterocycles. The lowest BCUT2D eigenvalue weighted by Gasteiger charge is -2.08. The molecule has 0 saturated carbocycles. The third-order valence-corrected chi connectivity index (χ3v) is 5.28. The van der Waals surface area contributed by atoms with E-state index in [1.165, 1.54) is 0 Å². The number of pyridine rings is 1. The molecule has 1 aromatic heterocycles. The number of hydrogen-bond donors (Lipinski definition) is 2. The van der Waals surface area contributed by atoms with Crippen molar-refractivity contribution in [1.29, 1.82) is 0 Å². The molecule has 3 aromatic rings. The van der Waals surface area contributed by atoms with E-state index in [0.717, 1.165) is 22.0 Å². The summed E-state index contributed by atoms with van der Waals surface area (Å²) in [5.74, 6) is 0. The quantitative estimate of drug-likeness (QED) is 0.765. The lowest BCUT2D eigenvalue weighted by molar-refractivity contribution is 0.581. The van der Waals surface area contributed by atoms with E-state index in [1.54, 1.807) is 30.3 Å². The van der Waals surface area contributed by atoms with Crippen LogP contribution in [0.15, 0.2) is 58.2 Å². The van der Waals surface area contributed by atoms with Crippen molar-refractivity contribution >= 4 is 20.9 Å². The van der Waals surface area contributed by atoms with E-state index >= 15 is 0 Å². The fourth-order valence-corrected chi connectivity index (χ4v) is 3.47. The molecule has 0 aliphatic rings. The minimum absolute atomic E-state index is 0.0602. The molecule has 6 heteroatoms. The maximum atomic E-state index is 12.3. The second-order valence-corrected chi connectivity index (χ2v) is 7.62. The first kappa shape index (κ1) is 16.4. The molecule has 0 spiro atoms. The number of sulfonamides is 1. The van der Waals surface area contributed by atoms with Gasteiger partial charge in [0.05, 0.1) is 4.90 Å². The number of hydrogen-bond acceptors (Lipinski definition) is 3. The van der Waals surface area contributed by atoms with Crippen LogP contribution in [0.2, 0.25) is 0 Å². The van der Waals surface area contributed by atoms with Crippen molar-refractivity contribution < 1.29 is 8.42 Å². The van der Waals surface area contributed by atoms with Gasteiger partial charge in [0.2, 0.25) is 10.0 Å². The second kappa shape index (κ2) is 6.22. The number of H-pyrrole nitrogens is 1. The van der Waals surface area contributed by atoms with Crippen LogP contribution in [0.3, 0.4) is 0 Å². The van der Waals surface area contributed by atoms with E-state index < -0.39 is 10.0 Å². The molecule has 2 aromatic carbocycles. The van der Waals surface area contributed by atoms with Crippen molar-refractivity contribution in [1.82, 2.24) is 9.71 Å². The molecule has 3 rings (SSSR count). The summed E-state index contributed by atoms with van der Waals surface area (Å²) in [6.45, 7) is 3.77. The molecule has 1 heterocycles. The van der Waals surface area contributed by atoms with E-state index in [2.05, 4.69) is 9.71 Å². The maximum absolute atomic E-state index is 12.3. The van der Waals surface area contributed by atoms with Gasteiger partial charge in [0, 0.05) is 17.6 Å². The highest BCUT2D eigenvalue weighted by Crippen LogP contribution is 2.14. The molecule has 0 saturated heterocycles. The lowest BCUT2D eigenvalue weighted by atomic mass is 10.1. The van der Waals surface area contributed by atoms with Crippen LogP contribution >= 0.6 is 0 Å². The first-order valence-electron chi connectivity index (χ1n) is 7.54. The van der Waals surface area contributed by atoms with E-state index in [0.29, 0.717) is 5.56 Å². The summed E-state index contributed by atoms with van der Waals surface area (Å²) in [4.78, 5) is 15.1. The number of nitrogens with one attached hydrogen (secondary N) is 2. The molecular formula is C18H18N2O3S. The Hall–Kier alpha value is -2.44. The summed E-state index contributed by atoms with van der Waals surface area (Å²) in [5, 5.41) is 0.865. The predicted octanol–water partition coefficient (Wildman–Crippen LogP) is 2.62. The zero-order valence-corrected chi connectivity index (χ0v) is 14.3. The molecule has 0 fully saturated rings. The average molecular weight is 342 g/mol. The topological polar surface area (TPSA) is 79.0 Å². The molecule has 0 amide bonds. The fourth-order valence-electron chi connectivity index (χ4n) is 2.46. The van der Waals surface area contributed by atoms with E-state index in [-0.39, 0.29) is 17.0 Å². The van der Waals surface area contributed by atoms with E-state index in [1.807, 2.05) is 32.0 Å². The smallest absolute Gasteiger partial charge is 0.252 e. The van der Waals surface area contributed by atoms with Crippen molar-refractivity contribution in [2.45, 2.75) is 25.3 Å². The van der Waals surface area contributed by atoms with Crippen molar-refractivity contribution in [2.75, 3.05) is 0 Å². The number of aromatic amines is 1. The van der Waals surface area contributed by atoms with Crippen LogP contribution in [0.5, 0.6) is 0 Å². The number of aryl methyl sites for hydroxylation is 2. The van der Waals surface area contributed by atoms with Crippen LogP contribution in [0.4, 0.5) is 0 Å². The average Bonchev–Trinajstić information content (AvgIpc) is 2.53. The van der Waals surface area contributed by atoms with Crippen LogP contribution in [0.25, 0.3) is 10.9 Å². The Kier molecular flexibility index (Phi) is 4.26. The molecule has 0 atom stereocenters. The van der Waals surface area contributed by atoms with E-state index in [4.69, 9.17) is 0 Å². The van der Waals surface area contributed by atoms with Gasteiger partial charge in [0.1, 0.15) is 0 Å². The molecule has 0 radical (unpaired) electrons. The van der Waals surface area contributed by atoms with Gasteiger partial charge in [0.15, 0.2) is 0 Å². The minimum Gasteiger partial charge on any atom is -0.322 e. The summed E-state index contributed by atoms with van der Waals surface area (Å²) >= 11 is 0. The minimum atomic E-state index is -3.65. The summed E-state index contributed by atoms with van der Waals surface area (Å²) in [5.41, 5.74) is 2.85. The van der Waals surface area contributed by atoms with Gasteiger partial charge in [-0.2, -0.15) is 0 Å². The number of rotatable bonds is 4. The normalized spacial score (nSPS) is 11.8. The highest BCUT2D eigenvalue weighted by atomic mass is 32.2. The van der Waals surface area contributed by atoms with Gasteiger partial charge in [-0.15, -0.1) is 0 Å². The zero-order chi connectivity index (χ0) is 17.3. The van der Waals surface area contributed by atoms with Crippen molar-refractivity contribution in [3.05, 3.63) is 75.6 Å². The van der Waals surface area contributed by atoms with Gasteiger partial charge < -0.3 is 4.98 Å². The van der Waals surface area contributed by atoms with Gasteiger partial charge in [0.25, 0.3) is 5.56 Å². The summed E-state index contributed by atoms with van der Waals surface area (Å²) < 4.78 is 27.1. The molecule has 5 nitrogen and oxygen atoms in total. The predicted molar refractivity (Wildman–Crippen MR) is 94.5 cm³/mol. The van der Waals surface area contributed by atoms with Crippen molar-refractivity contribution in [3.63, 3.8) is 0 Å². The summed E-state index contributed by atoms with van der Waals surface area (Å²) in [6.07, 6.45) is 0. The Balaban J connectivity index is 1.87. The monoisotopic (exact) mass is 342 g/mol. The highest BCUT2D eigenvalue weighted by molar-refractivity contribution is 7.89. The van der Waals surface area contributed by atoms with Crippen LogP contribution in [0.1, 0.15) is 16.7 Å². The number of benzene rings is 2. The van der Waals surface area contributed by atoms with Crippen LogP contribution < -0.4 is 10.3 Å². The largest absolute Gasteiger partial charge is 0.322 e. The van der Waals surface area contributed by atoms with E-state index in [9.17, 15) is 13.2 Å². The Morgan fingerprint density at radius 1 is 0.958 bits per heavy atom. The maximum Gasteiger partial charge on any atom is 0.252 e. The number of aromatic nitrogens is 1. The van der Waals surface area contributed by atoms with Gasteiger partial charge in [-0.25, -0.2) is 13.1 Å². The molecular weight excluding hydrogens is 324 g/mol. The third-order valence-electron chi connectivity index (χ3n) is 3.86. The summed E-state index contributed by atoms with van der Waals surface area (Å²) in [6, 6.07) is 14.0. The molecule has 2 N–H and O–H groups in total. The first-order valence-corrected chi connectivity index (χ1v) is 9.02. The standard InChI is InChI=1S/C18H18N2O3S/c1-12-4-7-16(8-5-12)24(22,23)19-11-15-10-14-6-3-13(2)9-17(14)20-18(15)21/h3-10,19H,11H2,1-2H3,(H,20,21). The fraction of sp³-hybridized carbons (Fsp3) is 0.167. The zero-order valence-electron chi connectivity index (χ0n) is 13.5. The summed E-state index contributed by atoms with van der Waals surface area (Å²) in [7, 11) is -3.65. The van der Waals surface area contributed by atoms with Gasteiger partial charge in [-0.1, -0.05) is 29.8 Å². The highest BCUT2D eigenvalue weighted by Gasteiger charge is 2.14. The van der Waals surface area contributed by atoms with Gasteiger partial charge in [-0.3, -0.25) is 4.79 Å². The number of fused-ring (bicyclic) bond motifs is 1. The SMILES string of the molecule is Cc1ccc(S(=O)(=O)NCc2cc3ccc(C)cc3[nH]c2=O)cc1. The third kappa shape index (κ3) is 3.39. The first-order chi connectivity index (χ1) is 11.3. The Morgan fingerprint density at radius 2 is 1.62 bits per heavy atom. The van der Waals surface area contributed by atoms with Crippen LogP contribution in [-0.4, -0.2) is 13.4 Å². The van der Waals surface area contributed by atoms with Gasteiger partial charge >= 0.3 is 0 Å². The molecule has 0 unspecified atom stereocenters. The lowest BCUT2D eigenvalue weighted by Crippen LogP contribution is -2.27. The van der Waals surface area contributed by atoms with Crippen LogP contribution in [-0.2, 0) is 16.6 Å². The Morgan fingerprint density at radius 3 is 2.33 bits per heavy atom. The van der Waals surface area contributed by atoms with Crippen molar-refractivity contribution in [2.24, 2.45) is 0 Å². The van der Waals surface area contributed by atoms with Crippen molar-refractivity contribution in [3.8, 4) is 0 Å².